The van der Waals surface area contributed by atoms with Gasteiger partial charge in [0.25, 0.3) is 0 Å². The molecule has 2 rings (SSSR count). The number of aromatic nitrogens is 2. The van der Waals surface area contributed by atoms with E-state index in [1.54, 1.807) is 0 Å². The molecule has 3 heteroatoms. The van der Waals surface area contributed by atoms with E-state index < -0.39 is 0 Å². The topological polar surface area (TPSA) is 29.9 Å². The average Bonchev–Trinajstić information content (AvgIpc) is 2.54. The standard InChI is InChI=1S/C11H15N3/c1-3-12-7-9-8-14(2)11-10(9)5-4-6-13-11/h4-6,8,12H,3,7H2,1-2H3. The lowest BCUT2D eigenvalue weighted by atomic mass is 10.2. The largest absolute Gasteiger partial charge is 0.335 e. The lowest BCUT2D eigenvalue weighted by Crippen LogP contribution is -2.11. The highest BCUT2D eigenvalue weighted by molar-refractivity contribution is 5.80. The molecular weight excluding hydrogens is 174 g/mol. The minimum Gasteiger partial charge on any atom is -0.335 e. The molecule has 0 unspecified atom stereocenters. The Morgan fingerprint density at radius 1 is 1.50 bits per heavy atom. The molecule has 1 N–H and O–H groups in total. The Morgan fingerprint density at radius 2 is 2.36 bits per heavy atom. The normalized spacial score (nSPS) is 11.0. The van der Waals surface area contributed by atoms with Crippen LogP contribution in [0.15, 0.2) is 24.5 Å². The first-order chi connectivity index (χ1) is 6.83. The molecule has 0 aliphatic carbocycles. The molecule has 0 radical (unpaired) electrons. The van der Waals surface area contributed by atoms with Crippen molar-refractivity contribution in [1.82, 2.24) is 14.9 Å². The minimum atomic E-state index is 0.916. The van der Waals surface area contributed by atoms with Gasteiger partial charge >= 0.3 is 0 Å². The summed E-state index contributed by atoms with van der Waals surface area (Å²) in [7, 11) is 2.03. The molecule has 3 nitrogen and oxygen atoms in total. The van der Waals surface area contributed by atoms with Gasteiger partial charge < -0.3 is 9.88 Å². The molecule has 0 amide bonds. The van der Waals surface area contributed by atoms with Crippen LogP contribution in [0.25, 0.3) is 11.0 Å². The number of fused-ring (bicyclic) bond motifs is 1. The van der Waals surface area contributed by atoms with E-state index in [0.29, 0.717) is 0 Å². The van der Waals surface area contributed by atoms with E-state index in [4.69, 9.17) is 0 Å². The van der Waals surface area contributed by atoms with Gasteiger partial charge in [-0.1, -0.05) is 6.92 Å². The van der Waals surface area contributed by atoms with Gasteiger partial charge in [-0.15, -0.1) is 0 Å². The Labute approximate surface area is 83.8 Å². The van der Waals surface area contributed by atoms with Gasteiger partial charge in [0.15, 0.2) is 0 Å². The van der Waals surface area contributed by atoms with E-state index in [0.717, 1.165) is 18.7 Å². The Bertz CT molecular complexity index is 431. The predicted octanol–water partition coefficient (Wildman–Crippen LogP) is 1.68. The number of hydrogen-bond donors (Lipinski definition) is 1. The van der Waals surface area contributed by atoms with Crippen LogP contribution in [-0.4, -0.2) is 16.1 Å². The summed E-state index contributed by atoms with van der Waals surface area (Å²) in [6.45, 7) is 4.03. The van der Waals surface area contributed by atoms with Gasteiger partial charge in [-0.05, 0) is 24.2 Å². The molecule has 0 bridgehead atoms. The average molecular weight is 189 g/mol. The number of aryl methyl sites for hydroxylation is 1. The molecule has 14 heavy (non-hydrogen) atoms. The number of nitrogens with one attached hydrogen (secondary N) is 1. The van der Waals surface area contributed by atoms with Crippen LogP contribution in [0.5, 0.6) is 0 Å². The van der Waals surface area contributed by atoms with E-state index >= 15 is 0 Å². The van der Waals surface area contributed by atoms with Crippen molar-refractivity contribution in [3.8, 4) is 0 Å². The summed E-state index contributed by atoms with van der Waals surface area (Å²) in [5, 5.41) is 4.58. The van der Waals surface area contributed by atoms with Gasteiger partial charge in [0.1, 0.15) is 5.65 Å². The summed E-state index contributed by atoms with van der Waals surface area (Å²) in [4.78, 5) is 4.34. The van der Waals surface area contributed by atoms with E-state index in [1.165, 1.54) is 10.9 Å². The van der Waals surface area contributed by atoms with Crippen LogP contribution in [0.3, 0.4) is 0 Å². The van der Waals surface area contributed by atoms with Crippen LogP contribution >= 0.6 is 0 Å². The number of hydrogen-bond acceptors (Lipinski definition) is 2. The van der Waals surface area contributed by atoms with Crippen LogP contribution in [0.2, 0.25) is 0 Å². The lowest BCUT2D eigenvalue weighted by molar-refractivity contribution is 0.727. The van der Waals surface area contributed by atoms with E-state index in [9.17, 15) is 0 Å². The number of pyridine rings is 1. The Kier molecular flexibility index (Phi) is 2.50. The van der Waals surface area contributed by atoms with Crippen molar-refractivity contribution in [1.29, 1.82) is 0 Å². The Balaban J connectivity index is 2.44. The molecule has 0 saturated carbocycles. The molecule has 0 aliphatic rings. The molecular formula is C11H15N3. The van der Waals surface area contributed by atoms with Crippen molar-refractivity contribution < 1.29 is 0 Å². The van der Waals surface area contributed by atoms with Crippen molar-refractivity contribution in [2.24, 2.45) is 7.05 Å². The van der Waals surface area contributed by atoms with Crippen molar-refractivity contribution >= 4 is 11.0 Å². The van der Waals surface area contributed by atoms with Crippen LogP contribution in [-0.2, 0) is 13.6 Å². The molecule has 0 spiro atoms. The predicted molar refractivity (Wildman–Crippen MR) is 58.1 cm³/mol. The highest BCUT2D eigenvalue weighted by Crippen LogP contribution is 2.17. The van der Waals surface area contributed by atoms with Crippen LogP contribution < -0.4 is 5.32 Å². The van der Waals surface area contributed by atoms with Crippen LogP contribution in [0.1, 0.15) is 12.5 Å². The van der Waals surface area contributed by atoms with Gasteiger partial charge in [-0.3, -0.25) is 0 Å². The van der Waals surface area contributed by atoms with E-state index in [1.807, 2.05) is 19.3 Å². The summed E-state index contributed by atoms with van der Waals surface area (Å²) in [5.74, 6) is 0. The quantitative estimate of drug-likeness (QED) is 0.796. The van der Waals surface area contributed by atoms with Crippen molar-refractivity contribution in [3.05, 3.63) is 30.1 Å². The van der Waals surface area contributed by atoms with Gasteiger partial charge in [-0.25, -0.2) is 4.98 Å². The van der Waals surface area contributed by atoms with E-state index in [-0.39, 0.29) is 0 Å². The van der Waals surface area contributed by atoms with Crippen molar-refractivity contribution in [2.75, 3.05) is 6.54 Å². The fourth-order valence-electron chi connectivity index (χ4n) is 1.69. The molecule has 2 aromatic rings. The second-order valence-corrected chi connectivity index (χ2v) is 3.42. The SMILES string of the molecule is CCNCc1cn(C)c2ncccc12. The number of nitrogens with zero attached hydrogens (tertiary/aromatic N) is 2. The molecule has 2 heterocycles. The first-order valence-corrected chi connectivity index (χ1v) is 4.92. The fraction of sp³-hybridized carbons (Fsp3) is 0.364. The lowest BCUT2D eigenvalue weighted by Gasteiger charge is -1.98. The van der Waals surface area contributed by atoms with Crippen LogP contribution in [0.4, 0.5) is 0 Å². The second kappa shape index (κ2) is 3.80. The highest BCUT2D eigenvalue weighted by Gasteiger charge is 2.05. The molecule has 0 aromatic carbocycles. The maximum absolute atomic E-state index is 4.34. The van der Waals surface area contributed by atoms with Gasteiger partial charge in [-0.2, -0.15) is 0 Å². The summed E-state index contributed by atoms with van der Waals surface area (Å²) in [6, 6.07) is 4.10. The molecule has 0 fully saturated rings. The third-order valence-electron chi connectivity index (χ3n) is 2.38. The van der Waals surface area contributed by atoms with E-state index in [2.05, 4.69) is 34.1 Å². The number of rotatable bonds is 3. The second-order valence-electron chi connectivity index (χ2n) is 3.42. The molecule has 0 aliphatic heterocycles. The third kappa shape index (κ3) is 1.51. The fourth-order valence-corrected chi connectivity index (χ4v) is 1.69. The Hall–Kier alpha value is -1.35. The molecule has 2 aromatic heterocycles. The van der Waals surface area contributed by atoms with Crippen molar-refractivity contribution in [2.45, 2.75) is 13.5 Å². The summed E-state index contributed by atoms with van der Waals surface area (Å²) >= 11 is 0. The molecule has 74 valence electrons. The maximum atomic E-state index is 4.34. The summed E-state index contributed by atoms with van der Waals surface area (Å²) in [6.07, 6.45) is 3.97. The maximum Gasteiger partial charge on any atom is 0.139 e. The zero-order valence-corrected chi connectivity index (χ0v) is 8.62. The minimum absolute atomic E-state index is 0.916. The monoisotopic (exact) mass is 189 g/mol. The summed E-state index contributed by atoms with van der Waals surface area (Å²) < 4.78 is 2.07. The summed E-state index contributed by atoms with van der Waals surface area (Å²) in [5.41, 5.74) is 2.37. The highest BCUT2D eigenvalue weighted by atomic mass is 15.0. The Morgan fingerprint density at radius 3 is 3.14 bits per heavy atom. The van der Waals surface area contributed by atoms with Crippen molar-refractivity contribution in [3.63, 3.8) is 0 Å². The van der Waals surface area contributed by atoms with Gasteiger partial charge in [0, 0.05) is 31.4 Å². The zero-order chi connectivity index (χ0) is 9.97. The third-order valence-corrected chi connectivity index (χ3v) is 2.38. The molecule has 0 atom stereocenters. The smallest absolute Gasteiger partial charge is 0.139 e. The molecule has 0 saturated heterocycles. The van der Waals surface area contributed by atoms with Gasteiger partial charge in [0.2, 0.25) is 0 Å². The van der Waals surface area contributed by atoms with Gasteiger partial charge in [0.05, 0.1) is 0 Å². The first-order valence-electron chi connectivity index (χ1n) is 4.92. The first kappa shape index (κ1) is 9.21. The zero-order valence-electron chi connectivity index (χ0n) is 8.62. The van der Waals surface area contributed by atoms with Crippen LogP contribution in [0, 0.1) is 0 Å².